The van der Waals surface area contributed by atoms with Gasteiger partial charge in [-0.05, 0) is 30.7 Å². The minimum Gasteiger partial charge on any atom is -0.379 e. The zero-order valence-electron chi connectivity index (χ0n) is 10.8. The third-order valence-electron chi connectivity index (χ3n) is 3.06. The van der Waals surface area contributed by atoms with Gasteiger partial charge in [0.15, 0.2) is 0 Å². The number of ether oxygens (including phenoxy) is 1. The van der Waals surface area contributed by atoms with E-state index in [9.17, 15) is 4.79 Å². The number of carbonyl (C=O) groups is 1. The van der Waals surface area contributed by atoms with Crippen molar-refractivity contribution in [2.24, 2.45) is 5.73 Å². The first kappa shape index (κ1) is 14.2. The summed E-state index contributed by atoms with van der Waals surface area (Å²) < 4.78 is 6.30. The zero-order chi connectivity index (χ0) is 13.9. The van der Waals surface area contributed by atoms with Gasteiger partial charge in [-0.25, -0.2) is 0 Å². The van der Waals surface area contributed by atoms with E-state index in [1.165, 1.54) is 0 Å². The minimum atomic E-state index is -0.979. The number of nitrogens with one attached hydrogen (secondary N) is 1. The summed E-state index contributed by atoms with van der Waals surface area (Å²) in [5.41, 5.74) is 7.16. The zero-order valence-corrected chi connectivity index (χ0v) is 12.4. The summed E-state index contributed by atoms with van der Waals surface area (Å²) in [6, 6.07) is 5.98. The van der Waals surface area contributed by atoms with Crippen LogP contribution in [0.5, 0.6) is 0 Å². The van der Waals surface area contributed by atoms with Crippen LogP contribution in [0.25, 0.3) is 10.9 Å². The second-order valence-corrected chi connectivity index (χ2v) is 5.58. The van der Waals surface area contributed by atoms with Gasteiger partial charge in [0.05, 0.1) is 12.1 Å². The van der Waals surface area contributed by atoms with Crippen molar-refractivity contribution < 1.29 is 9.53 Å². The van der Waals surface area contributed by atoms with E-state index in [1.807, 2.05) is 31.3 Å². The Labute approximate surface area is 120 Å². The third-order valence-corrected chi connectivity index (χ3v) is 3.55. The van der Waals surface area contributed by atoms with E-state index in [2.05, 4.69) is 20.9 Å². The van der Waals surface area contributed by atoms with Crippen LogP contribution in [0.2, 0.25) is 0 Å². The molecule has 1 aromatic heterocycles. The van der Waals surface area contributed by atoms with Crippen molar-refractivity contribution >= 4 is 33.1 Å². The van der Waals surface area contributed by atoms with E-state index in [0.29, 0.717) is 13.0 Å². The second-order valence-electron chi connectivity index (χ2n) is 4.67. The first-order valence-electron chi connectivity index (χ1n) is 6.16. The average molecular weight is 325 g/mol. The molecule has 4 nitrogen and oxygen atoms in total. The highest BCUT2D eigenvalue weighted by molar-refractivity contribution is 9.10. The van der Waals surface area contributed by atoms with E-state index >= 15 is 0 Å². The number of fused-ring (bicyclic) bond motifs is 1. The lowest BCUT2D eigenvalue weighted by atomic mass is 9.94. The van der Waals surface area contributed by atoms with Crippen LogP contribution in [0.15, 0.2) is 28.9 Å². The van der Waals surface area contributed by atoms with Crippen LogP contribution in [-0.2, 0) is 16.0 Å². The Balaban J connectivity index is 2.29. The van der Waals surface area contributed by atoms with Crippen molar-refractivity contribution in [1.82, 2.24) is 4.98 Å². The molecule has 0 saturated carbocycles. The molecule has 1 atom stereocenters. The summed E-state index contributed by atoms with van der Waals surface area (Å²) >= 11 is 3.45. The molecular weight excluding hydrogens is 308 g/mol. The molecule has 2 rings (SSSR count). The van der Waals surface area contributed by atoms with E-state index in [1.54, 1.807) is 0 Å². The largest absolute Gasteiger partial charge is 0.379 e. The van der Waals surface area contributed by atoms with Crippen molar-refractivity contribution in [3.05, 3.63) is 34.4 Å². The predicted octanol–water partition coefficient (Wildman–Crippen LogP) is 2.41. The lowest BCUT2D eigenvalue weighted by molar-refractivity contribution is -0.114. The highest BCUT2D eigenvalue weighted by Crippen LogP contribution is 2.25. The molecule has 1 aromatic carbocycles. The number of rotatable bonds is 6. The lowest BCUT2D eigenvalue weighted by Crippen LogP contribution is -2.48. The quantitative estimate of drug-likeness (QED) is 0.802. The monoisotopic (exact) mass is 324 g/mol. The maximum atomic E-state index is 11.2. The number of carbonyl (C=O) groups excluding carboxylic acids is 1. The maximum Gasteiger partial charge on any atom is 0.142 e. The van der Waals surface area contributed by atoms with Crippen LogP contribution < -0.4 is 5.73 Å². The second kappa shape index (κ2) is 5.86. The van der Waals surface area contributed by atoms with Gasteiger partial charge in [0.2, 0.25) is 0 Å². The highest BCUT2D eigenvalue weighted by Gasteiger charge is 2.26. The smallest absolute Gasteiger partial charge is 0.142 e. The van der Waals surface area contributed by atoms with Gasteiger partial charge in [0.1, 0.15) is 6.29 Å². The summed E-state index contributed by atoms with van der Waals surface area (Å²) in [5, 5.41) is 1.07. The van der Waals surface area contributed by atoms with Gasteiger partial charge >= 0.3 is 0 Å². The third kappa shape index (κ3) is 3.23. The molecule has 0 spiro atoms. The van der Waals surface area contributed by atoms with E-state index in [0.717, 1.165) is 27.2 Å². The molecule has 3 N–H and O–H groups in total. The van der Waals surface area contributed by atoms with Gasteiger partial charge in [-0.2, -0.15) is 0 Å². The Bertz CT molecular complexity index is 582. The van der Waals surface area contributed by atoms with Crippen LogP contribution >= 0.6 is 15.9 Å². The fraction of sp³-hybridized carbons (Fsp3) is 0.357. The van der Waals surface area contributed by atoms with Gasteiger partial charge in [0, 0.05) is 34.6 Å². The normalized spacial score (nSPS) is 14.5. The number of halogens is 1. The van der Waals surface area contributed by atoms with Crippen molar-refractivity contribution in [1.29, 1.82) is 0 Å². The summed E-state index contributed by atoms with van der Waals surface area (Å²) in [6.07, 6.45) is 3.13. The van der Waals surface area contributed by atoms with Crippen molar-refractivity contribution in [2.45, 2.75) is 18.9 Å². The fourth-order valence-electron chi connectivity index (χ4n) is 2.07. The average Bonchev–Trinajstić information content (AvgIpc) is 2.79. The molecular formula is C14H17BrN2O2. The Morgan fingerprint density at radius 3 is 3.00 bits per heavy atom. The fourth-order valence-corrected chi connectivity index (χ4v) is 2.43. The topological polar surface area (TPSA) is 68.1 Å². The summed E-state index contributed by atoms with van der Waals surface area (Å²) in [7, 11) is 0. The van der Waals surface area contributed by atoms with E-state index < -0.39 is 5.54 Å². The first-order valence-corrected chi connectivity index (χ1v) is 6.96. The summed E-state index contributed by atoms with van der Waals surface area (Å²) in [6.45, 7) is 2.66. The summed E-state index contributed by atoms with van der Waals surface area (Å²) in [4.78, 5) is 14.4. The molecule has 0 amide bonds. The Morgan fingerprint density at radius 2 is 2.32 bits per heavy atom. The van der Waals surface area contributed by atoms with Crippen LogP contribution in [0.4, 0.5) is 0 Å². The molecule has 0 aliphatic heterocycles. The number of aromatic nitrogens is 1. The van der Waals surface area contributed by atoms with Crippen LogP contribution in [0.1, 0.15) is 12.5 Å². The molecule has 0 fully saturated rings. The number of hydrogen-bond donors (Lipinski definition) is 2. The van der Waals surface area contributed by atoms with Gasteiger partial charge in [0.25, 0.3) is 0 Å². The van der Waals surface area contributed by atoms with Gasteiger partial charge in [-0.3, -0.25) is 0 Å². The molecule has 2 aromatic rings. The van der Waals surface area contributed by atoms with Gasteiger partial charge in [-0.15, -0.1) is 0 Å². The number of H-pyrrole nitrogens is 1. The summed E-state index contributed by atoms with van der Waals surface area (Å²) in [5.74, 6) is 0. The Morgan fingerprint density at radius 1 is 1.53 bits per heavy atom. The Kier molecular flexibility index (Phi) is 4.39. The minimum absolute atomic E-state index is 0.230. The molecule has 0 bridgehead atoms. The van der Waals surface area contributed by atoms with Crippen LogP contribution in [-0.4, -0.2) is 30.0 Å². The molecule has 0 aliphatic rings. The van der Waals surface area contributed by atoms with E-state index in [4.69, 9.17) is 10.5 Å². The van der Waals surface area contributed by atoms with Crippen molar-refractivity contribution in [2.75, 3.05) is 13.2 Å². The SMILES string of the molecule is CCOCC(N)(C=O)Cc1c[nH]c2ccc(Br)cc12. The van der Waals surface area contributed by atoms with Gasteiger partial charge < -0.3 is 20.2 Å². The number of aldehydes is 1. The highest BCUT2D eigenvalue weighted by atomic mass is 79.9. The molecule has 5 heteroatoms. The number of nitrogens with two attached hydrogens (primary N) is 1. The van der Waals surface area contributed by atoms with E-state index in [-0.39, 0.29) is 6.61 Å². The lowest BCUT2D eigenvalue weighted by Gasteiger charge is -2.22. The molecule has 1 heterocycles. The van der Waals surface area contributed by atoms with Gasteiger partial charge in [-0.1, -0.05) is 15.9 Å². The number of hydrogen-bond acceptors (Lipinski definition) is 3. The van der Waals surface area contributed by atoms with Crippen LogP contribution in [0.3, 0.4) is 0 Å². The molecule has 102 valence electrons. The maximum absolute atomic E-state index is 11.2. The van der Waals surface area contributed by atoms with Crippen molar-refractivity contribution in [3.8, 4) is 0 Å². The number of benzene rings is 1. The molecule has 0 aliphatic carbocycles. The molecule has 0 saturated heterocycles. The molecule has 0 radical (unpaired) electrons. The van der Waals surface area contributed by atoms with Crippen LogP contribution in [0, 0.1) is 0 Å². The standard InChI is InChI=1S/C14H17BrN2O2/c1-2-19-9-14(16,8-18)6-10-7-17-13-4-3-11(15)5-12(10)13/h3-5,7-8,17H,2,6,9,16H2,1H3. The Hall–Kier alpha value is -1.17. The predicted molar refractivity (Wildman–Crippen MR) is 79.2 cm³/mol. The molecule has 19 heavy (non-hydrogen) atoms. The van der Waals surface area contributed by atoms with Crippen molar-refractivity contribution in [3.63, 3.8) is 0 Å². The number of aromatic amines is 1. The first-order chi connectivity index (χ1) is 9.08. The molecule has 1 unspecified atom stereocenters.